The predicted octanol–water partition coefficient (Wildman–Crippen LogP) is 1.79. The molecule has 0 aromatic heterocycles. The molecule has 1 saturated heterocycles. The lowest BCUT2D eigenvalue weighted by molar-refractivity contribution is 0.263. The molecule has 1 aliphatic rings. The van der Waals surface area contributed by atoms with Crippen LogP contribution in [0.15, 0.2) is 18.2 Å². The maximum absolute atomic E-state index is 8.94. The largest absolute Gasteiger partial charge is 0.399 e. The number of nitrogen functional groups attached to an aromatic ring is 1. The Balaban J connectivity index is 2.08. The van der Waals surface area contributed by atoms with Gasteiger partial charge in [-0.05, 0) is 49.4 Å². The summed E-state index contributed by atoms with van der Waals surface area (Å²) in [5, 5.41) is 8.94. The minimum Gasteiger partial charge on any atom is -0.399 e. The molecule has 3 N–H and O–H groups in total. The van der Waals surface area contributed by atoms with Gasteiger partial charge in [0.1, 0.15) is 0 Å². The summed E-state index contributed by atoms with van der Waals surface area (Å²) in [7, 11) is 0. The molecular weight excluding hydrogens is 200 g/mol. The van der Waals surface area contributed by atoms with Crippen LogP contribution in [0.1, 0.15) is 18.4 Å². The van der Waals surface area contributed by atoms with E-state index in [1.807, 2.05) is 12.1 Å². The quantitative estimate of drug-likeness (QED) is 0.763. The predicted molar refractivity (Wildman–Crippen MR) is 67.6 cm³/mol. The Hall–Kier alpha value is -1.22. The van der Waals surface area contributed by atoms with Gasteiger partial charge in [-0.25, -0.2) is 0 Å². The van der Waals surface area contributed by atoms with E-state index in [-0.39, 0.29) is 0 Å². The zero-order chi connectivity index (χ0) is 11.5. The van der Waals surface area contributed by atoms with Gasteiger partial charge in [0, 0.05) is 31.1 Å². The smallest absolute Gasteiger partial charge is 0.0434 e. The Labute approximate surface area is 96.9 Å². The molecule has 3 nitrogen and oxygen atoms in total. The van der Waals surface area contributed by atoms with Crippen LogP contribution in [0.2, 0.25) is 0 Å². The molecule has 1 aliphatic heterocycles. The molecule has 1 heterocycles. The van der Waals surface area contributed by atoms with Crippen molar-refractivity contribution in [3.05, 3.63) is 23.8 Å². The fraction of sp³-hybridized carbons (Fsp3) is 0.538. The van der Waals surface area contributed by atoms with Gasteiger partial charge in [0.05, 0.1) is 0 Å². The molecule has 1 atom stereocenters. The van der Waals surface area contributed by atoms with Crippen LogP contribution in [-0.2, 0) is 0 Å². The van der Waals surface area contributed by atoms with Crippen molar-refractivity contribution in [2.75, 3.05) is 30.3 Å². The van der Waals surface area contributed by atoms with E-state index in [4.69, 9.17) is 10.8 Å². The van der Waals surface area contributed by atoms with Gasteiger partial charge in [0.15, 0.2) is 0 Å². The summed E-state index contributed by atoms with van der Waals surface area (Å²) in [4.78, 5) is 2.40. The van der Waals surface area contributed by atoms with E-state index in [1.165, 1.54) is 17.7 Å². The number of nitrogens with zero attached hydrogens (tertiary/aromatic N) is 1. The van der Waals surface area contributed by atoms with E-state index >= 15 is 0 Å². The monoisotopic (exact) mass is 220 g/mol. The molecule has 1 aromatic carbocycles. The van der Waals surface area contributed by atoms with Gasteiger partial charge in [0.25, 0.3) is 0 Å². The lowest BCUT2D eigenvalue weighted by atomic mass is 10.1. The zero-order valence-corrected chi connectivity index (χ0v) is 9.82. The maximum atomic E-state index is 8.94. The SMILES string of the molecule is Cc1cc(N)ccc1N1CCC(CCO)C1. The number of aliphatic hydroxyl groups excluding tert-OH is 1. The van der Waals surface area contributed by atoms with Crippen LogP contribution in [-0.4, -0.2) is 24.8 Å². The third kappa shape index (κ3) is 2.30. The van der Waals surface area contributed by atoms with Gasteiger partial charge in [-0.1, -0.05) is 0 Å². The van der Waals surface area contributed by atoms with E-state index in [9.17, 15) is 0 Å². The number of nitrogens with two attached hydrogens (primary N) is 1. The fourth-order valence-corrected chi connectivity index (χ4v) is 2.50. The first kappa shape index (κ1) is 11.3. The minimum atomic E-state index is 0.305. The van der Waals surface area contributed by atoms with Crippen molar-refractivity contribution in [2.45, 2.75) is 19.8 Å². The topological polar surface area (TPSA) is 49.5 Å². The molecule has 1 aromatic rings. The molecule has 16 heavy (non-hydrogen) atoms. The lowest BCUT2D eigenvalue weighted by Crippen LogP contribution is -2.20. The number of anilines is 2. The number of rotatable bonds is 3. The van der Waals surface area contributed by atoms with Crippen molar-refractivity contribution in [2.24, 2.45) is 5.92 Å². The molecule has 0 spiro atoms. The summed E-state index contributed by atoms with van der Waals surface area (Å²) in [5.74, 6) is 0.641. The van der Waals surface area contributed by atoms with Crippen LogP contribution in [0.4, 0.5) is 11.4 Å². The van der Waals surface area contributed by atoms with Gasteiger partial charge in [-0.2, -0.15) is 0 Å². The van der Waals surface area contributed by atoms with Gasteiger partial charge in [-0.3, -0.25) is 0 Å². The van der Waals surface area contributed by atoms with Crippen LogP contribution in [0, 0.1) is 12.8 Å². The van der Waals surface area contributed by atoms with Crippen LogP contribution in [0.5, 0.6) is 0 Å². The molecule has 0 saturated carbocycles. The number of aliphatic hydroxyl groups is 1. The summed E-state index contributed by atoms with van der Waals surface area (Å²) >= 11 is 0. The Kier molecular flexibility index (Phi) is 3.34. The van der Waals surface area contributed by atoms with Crippen molar-refractivity contribution in [3.8, 4) is 0 Å². The molecule has 0 radical (unpaired) electrons. The summed E-state index contributed by atoms with van der Waals surface area (Å²) in [5.41, 5.74) is 9.10. The van der Waals surface area contributed by atoms with E-state index < -0.39 is 0 Å². The second-order valence-corrected chi connectivity index (χ2v) is 4.66. The Morgan fingerprint density at radius 3 is 3.00 bits per heavy atom. The number of hydrogen-bond acceptors (Lipinski definition) is 3. The Bertz CT molecular complexity index is 365. The molecular formula is C13H20N2O. The van der Waals surface area contributed by atoms with Crippen LogP contribution >= 0.6 is 0 Å². The highest BCUT2D eigenvalue weighted by molar-refractivity contribution is 5.59. The highest BCUT2D eigenvalue weighted by Crippen LogP contribution is 2.29. The normalized spacial score (nSPS) is 20.4. The third-order valence-corrected chi connectivity index (χ3v) is 3.38. The van der Waals surface area contributed by atoms with Crippen molar-refractivity contribution in [3.63, 3.8) is 0 Å². The second kappa shape index (κ2) is 4.74. The van der Waals surface area contributed by atoms with E-state index in [2.05, 4.69) is 17.9 Å². The van der Waals surface area contributed by atoms with E-state index in [0.717, 1.165) is 25.2 Å². The van der Waals surface area contributed by atoms with E-state index in [1.54, 1.807) is 0 Å². The molecule has 0 aliphatic carbocycles. The molecule has 2 rings (SSSR count). The molecule has 0 amide bonds. The molecule has 1 unspecified atom stereocenters. The summed E-state index contributed by atoms with van der Waals surface area (Å²) in [6.07, 6.45) is 2.11. The highest BCUT2D eigenvalue weighted by atomic mass is 16.3. The van der Waals surface area contributed by atoms with Crippen molar-refractivity contribution < 1.29 is 5.11 Å². The average molecular weight is 220 g/mol. The van der Waals surface area contributed by atoms with Gasteiger partial charge < -0.3 is 15.7 Å². The summed E-state index contributed by atoms with van der Waals surface area (Å²) in [6.45, 7) is 4.56. The maximum Gasteiger partial charge on any atom is 0.0434 e. The van der Waals surface area contributed by atoms with Crippen molar-refractivity contribution in [1.82, 2.24) is 0 Å². The molecule has 88 valence electrons. The second-order valence-electron chi connectivity index (χ2n) is 4.66. The molecule has 0 bridgehead atoms. The van der Waals surface area contributed by atoms with Crippen LogP contribution in [0.3, 0.4) is 0 Å². The highest BCUT2D eigenvalue weighted by Gasteiger charge is 2.22. The first-order valence-electron chi connectivity index (χ1n) is 5.92. The van der Waals surface area contributed by atoms with E-state index in [0.29, 0.717) is 12.5 Å². The Morgan fingerprint density at radius 1 is 1.50 bits per heavy atom. The van der Waals surface area contributed by atoms with Gasteiger partial charge in [0.2, 0.25) is 0 Å². The van der Waals surface area contributed by atoms with Gasteiger partial charge in [-0.15, -0.1) is 0 Å². The van der Waals surface area contributed by atoms with Crippen molar-refractivity contribution in [1.29, 1.82) is 0 Å². The number of aryl methyl sites for hydroxylation is 1. The summed E-state index contributed by atoms with van der Waals surface area (Å²) < 4.78 is 0. The minimum absolute atomic E-state index is 0.305. The molecule has 3 heteroatoms. The standard InChI is InChI=1S/C13H20N2O/c1-10-8-12(14)2-3-13(10)15-6-4-11(9-15)5-7-16/h2-3,8,11,16H,4-7,9,14H2,1H3. The Morgan fingerprint density at radius 2 is 2.31 bits per heavy atom. The fourth-order valence-electron chi connectivity index (χ4n) is 2.50. The summed E-state index contributed by atoms with van der Waals surface area (Å²) in [6, 6.07) is 6.09. The average Bonchev–Trinajstić information content (AvgIpc) is 2.67. The number of hydrogen-bond donors (Lipinski definition) is 2. The third-order valence-electron chi connectivity index (χ3n) is 3.38. The lowest BCUT2D eigenvalue weighted by Gasteiger charge is -2.21. The zero-order valence-electron chi connectivity index (χ0n) is 9.82. The van der Waals surface area contributed by atoms with Crippen LogP contribution < -0.4 is 10.6 Å². The number of benzene rings is 1. The van der Waals surface area contributed by atoms with Gasteiger partial charge >= 0.3 is 0 Å². The first-order valence-corrected chi connectivity index (χ1v) is 5.92. The van der Waals surface area contributed by atoms with Crippen LogP contribution in [0.25, 0.3) is 0 Å². The molecule has 1 fully saturated rings. The first-order chi connectivity index (χ1) is 7.70. The van der Waals surface area contributed by atoms with Crippen molar-refractivity contribution >= 4 is 11.4 Å².